The zero-order valence-electron chi connectivity index (χ0n) is 23.8. The van der Waals surface area contributed by atoms with E-state index in [9.17, 15) is 24.5 Å². The van der Waals surface area contributed by atoms with Gasteiger partial charge in [-0.05, 0) is 72.1 Å². The van der Waals surface area contributed by atoms with Crippen LogP contribution in [0, 0.1) is 16.0 Å². The molecule has 1 fully saturated rings. The number of hydrogen-bond donors (Lipinski definition) is 0. The van der Waals surface area contributed by atoms with Gasteiger partial charge in [-0.2, -0.15) is 0 Å². The Hall–Kier alpha value is -6.03. The lowest BCUT2D eigenvalue weighted by molar-refractivity contribution is -0.384. The number of ketones is 1. The van der Waals surface area contributed by atoms with Crippen LogP contribution < -0.4 is 14.4 Å². The van der Waals surface area contributed by atoms with Gasteiger partial charge >= 0.3 is 5.97 Å². The van der Waals surface area contributed by atoms with Crippen molar-refractivity contribution in [1.82, 2.24) is 0 Å². The van der Waals surface area contributed by atoms with Crippen LogP contribution >= 0.6 is 0 Å². The first-order valence-corrected chi connectivity index (χ1v) is 14.1. The van der Waals surface area contributed by atoms with Gasteiger partial charge in [0.1, 0.15) is 23.0 Å². The molecule has 1 aliphatic rings. The molecule has 0 bridgehead atoms. The fourth-order valence-corrected chi connectivity index (χ4v) is 5.04. The van der Waals surface area contributed by atoms with Crippen molar-refractivity contribution in [1.29, 1.82) is 0 Å². The molecule has 0 saturated carbocycles. The third kappa shape index (κ3) is 6.65. The monoisotopic (exact) mass is 602 g/mol. The summed E-state index contributed by atoms with van der Waals surface area (Å²) in [5.74, 6) is 0.226. The van der Waals surface area contributed by atoms with Crippen LogP contribution in [0.4, 0.5) is 11.4 Å². The minimum absolute atomic E-state index is 0.0179. The van der Waals surface area contributed by atoms with Crippen molar-refractivity contribution < 1.29 is 33.5 Å². The number of anilines is 1. The van der Waals surface area contributed by atoms with Crippen LogP contribution in [-0.4, -0.2) is 35.7 Å². The van der Waals surface area contributed by atoms with Gasteiger partial charge in [-0.25, -0.2) is 0 Å². The maximum atomic E-state index is 12.8. The number of carbonyl (C=O) groups excluding carboxylic acids is 3. The van der Waals surface area contributed by atoms with E-state index >= 15 is 0 Å². The molecule has 0 unspecified atom stereocenters. The number of nitrogens with zero attached hydrogens (tertiary/aromatic N) is 2. The molecule has 1 atom stereocenters. The third-order valence-electron chi connectivity index (χ3n) is 7.39. The van der Waals surface area contributed by atoms with Crippen molar-refractivity contribution in [3.05, 3.63) is 131 Å². The molecule has 45 heavy (non-hydrogen) atoms. The Morgan fingerprint density at radius 2 is 1.40 bits per heavy atom. The first-order chi connectivity index (χ1) is 21.8. The summed E-state index contributed by atoms with van der Waals surface area (Å²) >= 11 is 0. The van der Waals surface area contributed by atoms with E-state index in [4.69, 9.17) is 14.2 Å². The van der Waals surface area contributed by atoms with Crippen LogP contribution in [0.1, 0.15) is 16.8 Å². The minimum Gasteiger partial charge on any atom is -0.457 e. The summed E-state index contributed by atoms with van der Waals surface area (Å²) < 4.78 is 17.0. The number of amides is 1. The van der Waals surface area contributed by atoms with E-state index in [1.54, 1.807) is 36.4 Å². The molecule has 10 nitrogen and oxygen atoms in total. The quantitative estimate of drug-likeness (QED) is 0.0717. The fraction of sp³-hybridized carbons (Fsp3) is 0.114. The highest BCUT2D eigenvalue weighted by Gasteiger charge is 2.36. The Morgan fingerprint density at radius 1 is 0.778 bits per heavy atom. The summed E-state index contributed by atoms with van der Waals surface area (Å²) in [6.07, 6.45) is -0.0179. The number of hydrogen-bond acceptors (Lipinski definition) is 8. The topological polar surface area (TPSA) is 125 Å². The maximum absolute atomic E-state index is 12.8. The summed E-state index contributed by atoms with van der Waals surface area (Å²) in [6.45, 7) is -0.323. The second kappa shape index (κ2) is 12.7. The van der Waals surface area contributed by atoms with Crippen molar-refractivity contribution in [3.63, 3.8) is 0 Å². The summed E-state index contributed by atoms with van der Waals surface area (Å²) in [7, 11) is 0. The second-order valence-corrected chi connectivity index (χ2v) is 10.4. The number of ether oxygens (including phenoxy) is 3. The maximum Gasteiger partial charge on any atom is 0.311 e. The number of non-ortho nitro benzene ring substituents is 1. The molecular formula is C35H26N2O8. The van der Waals surface area contributed by atoms with Crippen molar-refractivity contribution in [2.45, 2.75) is 6.42 Å². The molecule has 1 amide bonds. The lowest BCUT2D eigenvalue weighted by Gasteiger charge is -2.17. The number of rotatable bonds is 10. The van der Waals surface area contributed by atoms with E-state index in [1.807, 2.05) is 42.5 Å². The van der Waals surface area contributed by atoms with Gasteiger partial charge in [0.25, 0.3) is 5.69 Å². The number of Topliss-reactive ketones (excluding diaryl/α,β-unsaturated/α-hetero) is 1. The van der Waals surface area contributed by atoms with Crippen LogP contribution in [0.3, 0.4) is 0 Å². The van der Waals surface area contributed by atoms with Crippen molar-refractivity contribution >= 4 is 39.8 Å². The Bertz CT molecular complexity index is 1880. The fourth-order valence-electron chi connectivity index (χ4n) is 5.04. The molecule has 5 aromatic carbocycles. The number of benzene rings is 5. The predicted molar refractivity (Wildman–Crippen MR) is 166 cm³/mol. The number of fused-ring (bicyclic) bond motifs is 1. The summed E-state index contributed by atoms with van der Waals surface area (Å²) in [5, 5.41) is 12.9. The summed E-state index contributed by atoms with van der Waals surface area (Å²) in [4.78, 5) is 50.0. The van der Waals surface area contributed by atoms with Crippen LogP contribution in [-0.2, 0) is 14.3 Å². The van der Waals surface area contributed by atoms with Crippen LogP contribution in [0.25, 0.3) is 10.8 Å². The zero-order valence-corrected chi connectivity index (χ0v) is 23.8. The summed E-state index contributed by atoms with van der Waals surface area (Å²) in [6, 6.07) is 32.7. The lowest BCUT2D eigenvalue weighted by Crippen LogP contribution is -2.27. The first kappa shape index (κ1) is 29.1. The van der Waals surface area contributed by atoms with Gasteiger partial charge in [-0.15, -0.1) is 0 Å². The van der Waals surface area contributed by atoms with Gasteiger partial charge in [0.05, 0.1) is 10.8 Å². The number of carbonyl (C=O) groups is 3. The van der Waals surface area contributed by atoms with Crippen LogP contribution in [0.5, 0.6) is 23.0 Å². The number of nitro groups is 1. The van der Waals surface area contributed by atoms with E-state index in [0.29, 0.717) is 28.5 Å². The highest BCUT2D eigenvalue weighted by Crippen LogP contribution is 2.32. The van der Waals surface area contributed by atoms with E-state index < -0.39 is 29.2 Å². The van der Waals surface area contributed by atoms with E-state index in [2.05, 4.69) is 0 Å². The molecule has 1 aliphatic heterocycles. The van der Waals surface area contributed by atoms with E-state index in [-0.39, 0.29) is 24.6 Å². The van der Waals surface area contributed by atoms with E-state index in [1.165, 1.54) is 41.3 Å². The van der Waals surface area contributed by atoms with Crippen molar-refractivity contribution in [2.75, 3.05) is 18.1 Å². The molecule has 0 N–H and O–H groups in total. The van der Waals surface area contributed by atoms with Gasteiger partial charge in [0, 0.05) is 41.7 Å². The minimum atomic E-state index is -0.700. The standard InChI is InChI=1S/C35H26N2O8/c38-32(24-8-14-28(15-9-24)44-29-18-12-27(13-19-29)37(41)42)22-43-35(40)25-20-34(39)36(21-25)26-10-16-30(17-11-26)45-33-7-3-5-23-4-1-2-6-31(23)33/h1-19,25H,20-22H2/t25-/m1/s1. The average molecular weight is 603 g/mol. The third-order valence-corrected chi connectivity index (χ3v) is 7.39. The molecule has 1 saturated heterocycles. The predicted octanol–water partition coefficient (Wildman–Crippen LogP) is 7.11. The highest BCUT2D eigenvalue weighted by atomic mass is 16.6. The molecule has 0 spiro atoms. The molecule has 6 rings (SSSR count). The first-order valence-electron chi connectivity index (χ1n) is 14.1. The van der Waals surface area contributed by atoms with Gasteiger partial charge in [0.2, 0.25) is 5.91 Å². The molecule has 0 aliphatic carbocycles. The van der Waals surface area contributed by atoms with Gasteiger partial charge in [-0.1, -0.05) is 36.4 Å². The average Bonchev–Trinajstić information content (AvgIpc) is 3.46. The zero-order chi connectivity index (χ0) is 31.3. The Kier molecular flexibility index (Phi) is 8.19. The van der Waals surface area contributed by atoms with Crippen LogP contribution in [0.15, 0.2) is 115 Å². The Balaban J connectivity index is 1.00. The normalized spacial score (nSPS) is 14.3. The molecular weight excluding hydrogens is 576 g/mol. The van der Waals surface area contributed by atoms with Gasteiger partial charge in [-0.3, -0.25) is 24.5 Å². The molecule has 0 aromatic heterocycles. The lowest BCUT2D eigenvalue weighted by atomic mass is 10.1. The number of nitro benzene ring substituents is 1. The second-order valence-electron chi connectivity index (χ2n) is 10.4. The van der Waals surface area contributed by atoms with Crippen molar-refractivity contribution in [3.8, 4) is 23.0 Å². The molecule has 1 heterocycles. The molecule has 10 heteroatoms. The van der Waals surface area contributed by atoms with Gasteiger partial charge in [0.15, 0.2) is 12.4 Å². The Labute approximate surface area is 257 Å². The summed E-state index contributed by atoms with van der Waals surface area (Å²) in [5.41, 5.74) is 0.895. The largest absolute Gasteiger partial charge is 0.457 e. The smallest absolute Gasteiger partial charge is 0.311 e. The number of esters is 1. The van der Waals surface area contributed by atoms with Crippen LogP contribution in [0.2, 0.25) is 0 Å². The Morgan fingerprint density at radius 3 is 2.11 bits per heavy atom. The SMILES string of the molecule is O=C(COC(=O)[C@@H]1CC(=O)N(c2ccc(Oc3cccc4ccccc34)cc2)C1)c1ccc(Oc2ccc([N+](=O)[O-])cc2)cc1. The van der Waals surface area contributed by atoms with E-state index in [0.717, 1.165) is 16.5 Å². The molecule has 5 aromatic rings. The molecule has 224 valence electrons. The van der Waals surface area contributed by atoms with Gasteiger partial charge < -0.3 is 19.1 Å². The van der Waals surface area contributed by atoms with Crippen molar-refractivity contribution in [2.24, 2.45) is 5.92 Å². The molecule has 0 radical (unpaired) electrons. The highest BCUT2D eigenvalue weighted by molar-refractivity contribution is 6.01.